The first-order chi connectivity index (χ1) is 9.65. The second kappa shape index (κ2) is 5.55. The molecular weight excluding hydrogens is 356 g/mol. The van der Waals surface area contributed by atoms with Gasteiger partial charge < -0.3 is 4.98 Å². The minimum Gasteiger partial charge on any atom is -0.362 e. The van der Waals surface area contributed by atoms with E-state index < -0.39 is 0 Å². The van der Waals surface area contributed by atoms with Gasteiger partial charge in [-0.3, -0.25) is 9.69 Å². The fourth-order valence-electron chi connectivity index (χ4n) is 1.86. The minimum atomic E-state index is -0.0862. The SMILES string of the molecule is O=C1/C(=C\c2ccc[nH]2)SC(=S)N1c1ccc(Br)cc1. The van der Waals surface area contributed by atoms with Crippen molar-refractivity contribution in [2.24, 2.45) is 0 Å². The summed E-state index contributed by atoms with van der Waals surface area (Å²) in [5.74, 6) is -0.0862. The molecule has 0 bridgehead atoms. The van der Waals surface area contributed by atoms with Crippen molar-refractivity contribution < 1.29 is 4.79 Å². The molecule has 6 heteroatoms. The fraction of sp³-hybridized carbons (Fsp3) is 0. The number of H-pyrrole nitrogens is 1. The number of nitrogens with zero attached hydrogens (tertiary/aromatic N) is 1. The minimum absolute atomic E-state index is 0.0862. The summed E-state index contributed by atoms with van der Waals surface area (Å²) in [6.07, 6.45) is 3.64. The number of hydrogen-bond acceptors (Lipinski definition) is 3. The lowest BCUT2D eigenvalue weighted by Crippen LogP contribution is -2.27. The van der Waals surface area contributed by atoms with Gasteiger partial charge in [0.15, 0.2) is 4.32 Å². The molecule has 1 aromatic carbocycles. The van der Waals surface area contributed by atoms with Gasteiger partial charge in [0.1, 0.15) is 0 Å². The van der Waals surface area contributed by atoms with Crippen molar-refractivity contribution in [1.82, 2.24) is 4.98 Å². The topological polar surface area (TPSA) is 36.1 Å². The van der Waals surface area contributed by atoms with Crippen LogP contribution in [0.25, 0.3) is 6.08 Å². The molecule has 0 unspecified atom stereocenters. The zero-order valence-electron chi connectivity index (χ0n) is 10.2. The highest BCUT2D eigenvalue weighted by molar-refractivity contribution is 9.10. The van der Waals surface area contributed by atoms with E-state index in [1.807, 2.05) is 48.7 Å². The third-order valence-corrected chi connectivity index (χ3v) is 4.62. The summed E-state index contributed by atoms with van der Waals surface area (Å²) in [5.41, 5.74) is 1.67. The molecule has 1 N–H and O–H groups in total. The number of hydrogen-bond donors (Lipinski definition) is 1. The number of aromatic nitrogens is 1. The van der Waals surface area contributed by atoms with Crippen molar-refractivity contribution in [3.8, 4) is 0 Å². The highest BCUT2D eigenvalue weighted by atomic mass is 79.9. The summed E-state index contributed by atoms with van der Waals surface area (Å²) in [4.78, 5) is 17.7. The number of amides is 1. The van der Waals surface area contributed by atoms with Gasteiger partial charge in [0.05, 0.1) is 10.6 Å². The van der Waals surface area contributed by atoms with Gasteiger partial charge >= 0.3 is 0 Å². The monoisotopic (exact) mass is 364 g/mol. The second-order valence-corrected chi connectivity index (χ2v) is 6.71. The van der Waals surface area contributed by atoms with Crippen LogP contribution in [0, 0.1) is 0 Å². The summed E-state index contributed by atoms with van der Waals surface area (Å²) < 4.78 is 1.52. The molecule has 0 atom stereocenters. The molecule has 1 saturated heterocycles. The number of benzene rings is 1. The van der Waals surface area contributed by atoms with Crippen molar-refractivity contribution in [2.75, 3.05) is 4.90 Å². The molecule has 0 saturated carbocycles. The maximum Gasteiger partial charge on any atom is 0.270 e. The van der Waals surface area contributed by atoms with Gasteiger partial charge in [-0.25, -0.2) is 0 Å². The van der Waals surface area contributed by atoms with Crippen LogP contribution in [0.5, 0.6) is 0 Å². The number of nitrogens with one attached hydrogen (secondary N) is 1. The molecule has 0 spiro atoms. The van der Waals surface area contributed by atoms with Crippen molar-refractivity contribution in [3.05, 3.63) is 57.7 Å². The van der Waals surface area contributed by atoms with Gasteiger partial charge in [-0.1, -0.05) is 39.9 Å². The number of carbonyl (C=O) groups is 1. The first-order valence-corrected chi connectivity index (χ1v) is 7.84. The second-order valence-electron chi connectivity index (χ2n) is 4.12. The van der Waals surface area contributed by atoms with E-state index in [9.17, 15) is 4.79 Å². The largest absolute Gasteiger partial charge is 0.362 e. The van der Waals surface area contributed by atoms with E-state index in [-0.39, 0.29) is 5.91 Å². The molecule has 3 nitrogen and oxygen atoms in total. The standard InChI is InChI=1S/C14H9BrN2OS2/c15-9-3-5-11(6-4-9)17-13(18)12(20-14(17)19)8-10-2-1-7-16-10/h1-8,16H/b12-8+. The van der Waals surface area contributed by atoms with E-state index in [4.69, 9.17) is 12.2 Å². The molecule has 100 valence electrons. The zero-order chi connectivity index (χ0) is 14.1. The molecule has 3 rings (SSSR count). The first-order valence-electron chi connectivity index (χ1n) is 5.82. The Kier molecular flexibility index (Phi) is 3.78. The Morgan fingerprint density at radius 3 is 2.65 bits per heavy atom. The summed E-state index contributed by atoms with van der Waals surface area (Å²) in [7, 11) is 0. The molecular formula is C14H9BrN2OS2. The van der Waals surface area contributed by atoms with Crippen LogP contribution in [0.15, 0.2) is 52.0 Å². The van der Waals surface area contributed by atoms with Crippen molar-refractivity contribution in [1.29, 1.82) is 0 Å². The number of aromatic amines is 1. The van der Waals surface area contributed by atoms with Gasteiger partial charge in [-0.15, -0.1) is 0 Å². The Hall–Kier alpha value is -1.37. The van der Waals surface area contributed by atoms with Crippen LogP contribution in [-0.4, -0.2) is 15.2 Å². The summed E-state index contributed by atoms with van der Waals surface area (Å²) in [6, 6.07) is 11.3. The van der Waals surface area contributed by atoms with Crippen LogP contribution in [0.3, 0.4) is 0 Å². The van der Waals surface area contributed by atoms with Crippen molar-refractivity contribution in [3.63, 3.8) is 0 Å². The Morgan fingerprint density at radius 1 is 1.25 bits per heavy atom. The molecule has 20 heavy (non-hydrogen) atoms. The highest BCUT2D eigenvalue weighted by Gasteiger charge is 2.33. The van der Waals surface area contributed by atoms with Crippen LogP contribution < -0.4 is 4.90 Å². The van der Waals surface area contributed by atoms with Crippen LogP contribution in [0.1, 0.15) is 5.69 Å². The predicted molar refractivity (Wildman–Crippen MR) is 90.6 cm³/mol. The molecule has 2 aromatic rings. The summed E-state index contributed by atoms with van der Waals surface area (Å²) in [6.45, 7) is 0. The maximum absolute atomic E-state index is 12.5. The van der Waals surface area contributed by atoms with Gasteiger partial charge in [0.25, 0.3) is 5.91 Å². The molecule has 1 fully saturated rings. The fourth-order valence-corrected chi connectivity index (χ4v) is 3.41. The zero-order valence-corrected chi connectivity index (χ0v) is 13.4. The van der Waals surface area contributed by atoms with E-state index in [0.717, 1.165) is 15.9 Å². The van der Waals surface area contributed by atoms with E-state index in [1.54, 1.807) is 4.90 Å². The summed E-state index contributed by atoms with van der Waals surface area (Å²) >= 11 is 10.0. The lowest BCUT2D eigenvalue weighted by atomic mass is 10.3. The lowest BCUT2D eigenvalue weighted by molar-refractivity contribution is -0.113. The molecule has 1 amide bonds. The van der Waals surface area contributed by atoms with Gasteiger partial charge in [0, 0.05) is 16.4 Å². The van der Waals surface area contributed by atoms with Crippen LogP contribution in [-0.2, 0) is 4.79 Å². The molecule has 1 aliphatic heterocycles. The smallest absolute Gasteiger partial charge is 0.270 e. The third-order valence-electron chi connectivity index (χ3n) is 2.79. The number of anilines is 1. The molecule has 2 heterocycles. The van der Waals surface area contributed by atoms with Crippen LogP contribution in [0.4, 0.5) is 5.69 Å². The highest BCUT2D eigenvalue weighted by Crippen LogP contribution is 2.36. The normalized spacial score (nSPS) is 17.2. The van der Waals surface area contributed by atoms with E-state index in [1.165, 1.54) is 11.8 Å². The molecule has 0 radical (unpaired) electrons. The van der Waals surface area contributed by atoms with Gasteiger partial charge in [0.2, 0.25) is 0 Å². The molecule has 1 aliphatic rings. The number of halogens is 1. The third kappa shape index (κ3) is 2.59. The number of rotatable bonds is 2. The average Bonchev–Trinajstić information content (AvgIpc) is 3.02. The van der Waals surface area contributed by atoms with E-state index in [2.05, 4.69) is 20.9 Å². The maximum atomic E-state index is 12.5. The number of thiocarbonyl (C=S) groups is 1. The van der Waals surface area contributed by atoms with Gasteiger partial charge in [-0.05, 0) is 42.5 Å². The number of thioether (sulfide) groups is 1. The van der Waals surface area contributed by atoms with Crippen molar-refractivity contribution >= 4 is 61.9 Å². The first kappa shape index (κ1) is 13.6. The quantitative estimate of drug-likeness (QED) is 0.641. The lowest BCUT2D eigenvalue weighted by Gasteiger charge is -2.14. The van der Waals surface area contributed by atoms with Gasteiger partial charge in [-0.2, -0.15) is 0 Å². The molecule has 1 aromatic heterocycles. The van der Waals surface area contributed by atoms with Crippen LogP contribution >= 0.6 is 39.9 Å². The average molecular weight is 365 g/mol. The van der Waals surface area contributed by atoms with Crippen LogP contribution in [0.2, 0.25) is 0 Å². The van der Waals surface area contributed by atoms with E-state index >= 15 is 0 Å². The Balaban J connectivity index is 1.93. The van der Waals surface area contributed by atoms with Crippen molar-refractivity contribution in [2.45, 2.75) is 0 Å². The predicted octanol–water partition coefficient (Wildman–Crippen LogP) is 4.18. The Labute approximate surface area is 134 Å². The Morgan fingerprint density at radius 2 is 2.00 bits per heavy atom. The van der Waals surface area contributed by atoms with E-state index in [0.29, 0.717) is 9.23 Å². The Bertz CT molecular complexity index is 692. The molecule has 0 aliphatic carbocycles. The number of carbonyl (C=O) groups excluding carboxylic acids is 1. The summed E-state index contributed by atoms with van der Waals surface area (Å²) in [5, 5.41) is 0.